The topological polar surface area (TPSA) is 209 Å². The molecule has 1 heterocycles. The Kier molecular flexibility index (Phi) is 27.5. The smallest absolute Gasteiger partial charge is 0.317 e. The highest BCUT2D eigenvalue weighted by Crippen LogP contribution is 2.01. The van der Waals surface area contributed by atoms with Crippen molar-refractivity contribution in [2.45, 2.75) is 53.0 Å². The summed E-state index contributed by atoms with van der Waals surface area (Å²) in [5.74, 6) is -1.16. The van der Waals surface area contributed by atoms with E-state index in [4.69, 9.17) is 15.6 Å². The molecule has 0 spiro atoms. The molecule has 0 saturated carbocycles. The number of nitrogens with two attached hydrogens (primary N) is 1. The molecule has 2 amide bonds. The second-order valence-electron chi connectivity index (χ2n) is 10.9. The quantitative estimate of drug-likeness (QED) is 0.0973. The Hall–Kier alpha value is -2.85. The van der Waals surface area contributed by atoms with Crippen LogP contribution in [-0.4, -0.2) is 163 Å². The summed E-state index contributed by atoms with van der Waals surface area (Å²) in [5, 5.41) is 30.9. The van der Waals surface area contributed by atoms with E-state index < -0.39 is 11.9 Å². The van der Waals surface area contributed by atoms with Crippen LogP contribution < -0.4 is 16.4 Å². The lowest BCUT2D eigenvalue weighted by atomic mass is 10.1. The normalized spacial score (nSPS) is 16.6. The molecule has 252 valence electrons. The second kappa shape index (κ2) is 28.0. The molecular formula is C28H57N7O8. The van der Waals surface area contributed by atoms with Gasteiger partial charge in [-0.05, 0) is 38.6 Å². The lowest BCUT2D eigenvalue weighted by Gasteiger charge is -2.33. The van der Waals surface area contributed by atoms with Gasteiger partial charge in [0, 0.05) is 71.5 Å². The minimum atomic E-state index is -0.919. The van der Waals surface area contributed by atoms with Gasteiger partial charge in [0.1, 0.15) is 0 Å². The Morgan fingerprint density at radius 3 is 1.53 bits per heavy atom. The summed E-state index contributed by atoms with van der Waals surface area (Å²) >= 11 is 0. The largest absolute Gasteiger partial charge is 0.483 e. The average Bonchev–Trinajstić information content (AvgIpc) is 2.91. The van der Waals surface area contributed by atoms with Gasteiger partial charge in [-0.2, -0.15) is 0 Å². The number of hydrogen-bond acceptors (Lipinski definition) is 10. The van der Waals surface area contributed by atoms with Crippen LogP contribution in [0.15, 0.2) is 0 Å². The number of hydrogen-bond donors (Lipinski definition) is 6. The number of nitrogens with zero attached hydrogens (tertiary/aromatic N) is 4. The van der Waals surface area contributed by atoms with Gasteiger partial charge in [0.2, 0.25) is 12.3 Å². The fourth-order valence-electron chi connectivity index (χ4n) is 4.09. The van der Waals surface area contributed by atoms with E-state index in [1.54, 1.807) is 0 Å². The Balaban J connectivity index is 0. The zero-order valence-corrected chi connectivity index (χ0v) is 26.6. The van der Waals surface area contributed by atoms with Crippen LogP contribution >= 0.6 is 0 Å². The van der Waals surface area contributed by atoms with Crippen molar-refractivity contribution < 1.29 is 39.3 Å². The van der Waals surface area contributed by atoms with Gasteiger partial charge in [0.15, 0.2) is 0 Å². The third-order valence-corrected chi connectivity index (χ3v) is 6.57. The van der Waals surface area contributed by atoms with Crippen LogP contribution in [0.4, 0.5) is 0 Å². The lowest BCUT2D eigenvalue weighted by Crippen LogP contribution is -2.49. The van der Waals surface area contributed by atoms with Crippen molar-refractivity contribution in [1.29, 1.82) is 0 Å². The van der Waals surface area contributed by atoms with Crippen molar-refractivity contribution in [3.63, 3.8) is 0 Å². The monoisotopic (exact) mass is 619 g/mol. The molecule has 1 fully saturated rings. The van der Waals surface area contributed by atoms with Crippen LogP contribution in [0, 0.1) is 5.92 Å². The molecule has 0 aromatic carbocycles. The molecule has 1 atom stereocenters. The molecule has 43 heavy (non-hydrogen) atoms. The van der Waals surface area contributed by atoms with E-state index in [0.717, 1.165) is 51.9 Å². The van der Waals surface area contributed by atoms with Gasteiger partial charge < -0.3 is 36.6 Å². The molecule has 1 rings (SSSR count). The molecule has 15 heteroatoms. The van der Waals surface area contributed by atoms with Crippen LogP contribution in [0.3, 0.4) is 0 Å². The van der Waals surface area contributed by atoms with Crippen LogP contribution in [0.2, 0.25) is 0 Å². The minimum Gasteiger partial charge on any atom is -0.483 e. The lowest BCUT2D eigenvalue weighted by molar-refractivity contribution is -0.140. The molecular weight excluding hydrogens is 562 g/mol. The Morgan fingerprint density at radius 2 is 1.19 bits per heavy atom. The predicted octanol–water partition coefficient (Wildman–Crippen LogP) is -0.880. The van der Waals surface area contributed by atoms with Gasteiger partial charge in [0.25, 0.3) is 6.47 Å². The summed E-state index contributed by atoms with van der Waals surface area (Å²) in [7, 11) is 0. The summed E-state index contributed by atoms with van der Waals surface area (Å²) in [4.78, 5) is 60.9. The van der Waals surface area contributed by atoms with E-state index in [2.05, 4.69) is 41.2 Å². The van der Waals surface area contributed by atoms with E-state index in [1.165, 1.54) is 0 Å². The number of carboxylic acid groups (broad SMARTS) is 3. The highest BCUT2D eigenvalue weighted by Gasteiger charge is 2.19. The van der Waals surface area contributed by atoms with Crippen molar-refractivity contribution in [3.8, 4) is 0 Å². The Morgan fingerprint density at radius 1 is 0.767 bits per heavy atom. The number of likely N-dealkylation sites (N-methyl/N-ethyl adjacent to an activating group) is 1. The molecule has 0 radical (unpaired) electrons. The third-order valence-electron chi connectivity index (χ3n) is 6.57. The maximum atomic E-state index is 12.4. The van der Waals surface area contributed by atoms with Crippen LogP contribution in [0.5, 0.6) is 0 Å². The SMILES string of the molecule is CC(C)CCNC=O.CCN1CCN(CC(=O)O)CCN(CC(=O)O)CCN(CC(=O)NCCCC(C)N)CC1.O=CO. The second-order valence-corrected chi connectivity index (χ2v) is 10.9. The maximum absolute atomic E-state index is 12.4. The van der Waals surface area contributed by atoms with Crippen molar-refractivity contribution in [2.24, 2.45) is 11.7 Å². The van der Waals surface area contributed by atoms with Gasteiger partial charge in [-0.15, -0.1) is 0 Å². The molecule has 0 aliphatic carbocycles. The summed E-state index contributed by atoms with van der Waals surface area (Å²) in [6, 6.07) is 0.119. The molecule has 7 N–H and O–H groups in total. The van der Waals surface area contributed by atoms with E-state index >= 15 is 0 Å². The fourth-order valence-corrected chi connectivity index (χ4v) is 4.09. The molecule has 0 aromatic heterocycles. The highest BCUT2D eigenvalue weighted by atomic mass is 16.4. The molecule has 0 aromatic rings. The number of carboxylic acids is 2. The van der Waals surface area contributed by atoms with E-state index in [0.29, 0.717) is 51.7 Å². The number of nitrogens with one attached hydrogen (secondary N) is 2. The molecule has 1 aliphatic rings. The number of carbonyl (C=O) groups excluding carboxylic acids is 2. The van der Waals surface area contributed by atoms with Crippen LogP contribution in [-0.2, 0) is 24.0 Å². The van der Waals surface area contributed by atoms with Gasteiger partial charge in [-0.3, -0.25) is 38.7 Å². The summed E-state index contributed by atoms with van der Waals surface area (Å²) in [5.41, 5.74) is 5.74. The first-order valence-electron chi connectivity index (χ1n) is 15.0. The van der Waals surface area contributed by atoms with E-state index in [9.17, 15) is 29.4 Å². The molecule has 1 unspecified atom stereocenters. The van der Waals surface area contributed by atoms with Gasteiger partial charge in [-0.25, -0.2) is 0 Å². The van der Waals surface area contributed by atoms with Gasteiger partial charge in [0.05, 0.1) is 19.6 Å². The highest BCUT2D eigenvalue weighted by molar-refractivity contribution is 5.78. The molecule has 15 nitrogen and oxygen atoms in total. The molecule has 0 bridgehead atoms. The summed E-state index contributed by atoms with van der Waals surface area (Å²) in [6.45, 7) is 15.1. The number of rotatable bonds is 15. The Bertz CT molecular complexity index is 759. The first-order valence-corrected chi connectivity index (χ1v) is 15.0. The van der Waals surface area contributed by atoms with E-state index in [1.807, 2.05) is 16.7 Å². The van der Waals surface area contributed by atoms with Gasteiger partial charge in [-0.1, -0.05) is 20.8 Å². The van der Waals surface area contributed by atoms with Gasteiger partial charge >= 0.3 is 11.9 Å². The fraction of sp³-hybridized carbons (Fsp3) is 0.821. The van der Waals surface area contributed by atoms with Crippen molar-refractivity contribution in [1.82, 2.24) is 30.2 Å². The third kappa shape index (κ3) is 29.0. The standard InChI is InChI=1S/C21H42N6O5.C6H13NO.CH2O2/c1-3-24-7-9-25(15-19(28)23-6-4-5-18(2)22)11-12-27(17-21(31)32)14-13-26(10-8-24)16-20(29)30;1-6(2)3-4-7-5-8;2-1-3/h18H,3-17,22H2,1-2H3,(H,23,28)(H,29,30)(H,31,32);5-6H,3-4H2,1-2H3,(H,7,8);1H,(H,2,3). The van der Waals surface area contributed by atoms with Crippen LogP contribution in [0.1, 0.15) is 47.0 Å². The zero-order valence-electron chi connectivity index (χ0n) is 26.6. The Labute approximate surface area is 256 Å². The molecule has 1 saturated heterocycles. The van der Waals surface area contributed by atoms with Crippen molar-refractivity contribution in [3.05, 3.63) is 0 Å². The first-order chi connectivity index (χ1) is 20.4. The first kappa shape index (κ1) is 42.3. The average molecular weight is 620 g/mol. The summed E-state index contributed by atoms with van der Waals surface area (Å²) < 4.78 is 0. The van der Waals surface area contributed by atoms with Crippen molar-refractivity contribution in [2.75, 3.05) is 91.6 Å². The minimum absolute atomic E-state index is 0.0396. The zero-order chi connectivity index (χ0) is 33.0. The summed E-state index contributed by atoms with van der Waals surface area (Å²) in [6.07, 6.45) is 3.51. The van der Waals surface area contributed by atoms with Crippen molar-refractivity contribution >= 4 is 30.7 Å². The van der Waals surface area contributed by atoms with Crippen LogP contribution in [0.25, 0.3) is 0 Å². The predicted molar refractivity (Wildman–Crippen MR) is 165 cm³/mol. The number of aliphatic carboxylic acids is 2. The maximum Gasteiger partial charge on any atom is 0.317 e. The van der Waals surface area contributed by atoms with E-state index in [-0.39, 0.29) is 38.1 Å². The number of amides is 2. The molecule has 1 aliphatic heterocycles. The number of carbonyl (C=O) groups is 5.